The zero-order chi connectivity index (χ0) is 17.3. The van der Waals surface area contributed by atoms with Crippen molar-refractivity contribution in [1.82, 2.24) is 4.90 Å². The fourth-order valence-electron chi connectivity index (χ4n) is 2.98. The topological polar surface area (TPSA) is 71.5 Å². The Morgan fingerprint density at radius 3 is 2.35 bits per heavy atom. The van der Waals surface area contributed by atoms with Gasteiger partial charge in [-0.25, -0.2) is 16.8 Å². The van der Waals surface area contributed by atoms with Crippen molar-refractivity contribution < 1.29 is 16.8 Å². The van der Waals surface area contributed by atoms with E-state index in [1.165, 1.54) is 0 Å². The number of nitrogens with zero attached hydrogens (tertiary/aromatic N) is 1. The third-order valence-electron chi connectivity index (χ3n) is 4.45. The van der Waals surface area contributed by atoms with Crippen LogP contribution in [0.15, 0.2) is 29.2 Å². The van der Waals surface area contributed by atoms with Gasteiger partial charge in [-0.15, -0.1) is 0 Å². The summed E-state index contributed by atoms with van der Waals surface area (Å²) in [4.78, 5) is 2.10. The fraction of sp³-hybridized carbons (Fsp3) is 0.625. The summed E-state index contributed by atoms with van der Waals surface area (Å²) in [6, 6.07) is 6.15. The molecule has 0 unspecified atom stereocenters. The average Bonchev–Trinajstić information content (AvgIpc) is 2.82. The highest BCUT2D eigenvalue weighted by molar-refractivity contribution is 7.96. The molecule has 1 aromatic carbocycles. The zero-order valence-corrected chi connectivity index (χ0v) is 15.5. The average molecular weight is 360 g/mol. The molecule has 1 heterocycles. The summed E-state index contributed by atoms with van der Waals surface area (Å²) in [6.07, 6.45) is 1.91. The molecule has 1 aliphatic rings. The molecule has 0 spiro atoms. The molecule has 0 radical (unpaired) electrons. The molecule has 130 valence electrons. The Balaban J connectivity index is 2.35. The van der Waals surface area contributed by atoms with Gasteiger partial charge in [0.25, 0.3) is 0 Å². The van der Waals surface area contributed by atoms with Crippen LogP contribution in [0.4, 0.5) is 0 Å². The van der Waals surface area contributed by atoms with Gasteiger partial charge in [0.05, 0.1) is 21.7 Å². The number of hydrogen-bond acceptors (Lipinski definition) is 5. The Hall–Kier alpha value is -0.920. The van der Waals surface area contributed by atoms with Crippen LogP contribution in [-0.4, -0.2) is 58.1 Å². The van der Waals surface area contributed by atoms with Gasteiger partial charge >= 0.3 is 0 Å². The summed E-state index contributed by atoms with van der Waals surface area (Å²) in [5, 5.41) is -0.892. The van der Waals surface area contributed by atoms with Gasteiger partial charge in [-0.2, -0.15) is 0 Å². The highest BCUT2D eigenvalue weighted by Crippen LogP contribution is 2.28. The molecule has 0 bridgehead atoms. The van der Waals surface area contributed by atoms with E-state index in [9.17, 15) is 16.8 Å². The number of benzene rings is 1. The lowest BCUT2D eigenvalue weighted by Gasteiger charge is -2.28. The van der Waals surface area contributed by atoms with Crippen LogP contribution in [0.5, 0.6) is 0 Å². The molecule has 7 heteroatoms. The van der Waals surface area contributed by atoms with Gasteiger partial charge < -0.3 is 4.90 Å². The second kappa shape index (κ2) is 6.91. The Morgan fingerprint density at radius 2 is 1.78 bits per heavy atom. The molecule has 1 saturated heterocycles. The second-order valence-corrected chi connectivity index (χ2v) is 10.7. The monoisotopic (exact) mass is 359 g/mol. The van der Waals surface area contributed by atoms with Gasteiger partial charge in [-0.3, -0.25) is 0 Å². The first-order valence-electron chi connectivity index (χ1n) is 7.88. The smallest absolute Gasteiger partial charge is 0.183 e. The van der Waals surface area contributed by atoms with Crippen molar-refractivity contribution in [3.63, 3.8) is 0 Å². The quantitative estimate of drug-likeness (QED) is 0.772. The van der Waals surface area contributed by atoms with Crippen LogP contribution in [0.2, 0.25) is 0 Å². The van der Waals surface area contributed by atoms with Crippen LogP contribution < -0.4 is 0 Å². The molecule has 0 saturated carbocycles. The Morgan fingerprint density at radius 1 is 1.17 bits per heavy atom. The largest absolute Gasteiger partial charge is 0.301 e. The summed E-state index contributed by atoms with van der Waals surface area (Å²) in [6.45, 7) is 4.65. The summed E-state index contributed by atoms with van der Waals surface area (Å²) in [7, 11) is -5.18. The minimum Gasteiger partial charge on any atom is -0.301 e. The van der Waals surface area contributed by atoms with Crippen molar-refractivity contribution in [1.29, 1.82) is 0 Å². The van der Waals surface area contributed by atoms with E-state index in [4.69, 9.17) is 0 Å². The van der Waals surface area contributed by atoms with E-state index in [0.717, 1.165) is 18.4 Å². The van der Waals surface area contributed by atoms with Crippen LogP contribution in [0, 0.1) is 6.92 Å². The molecule has 0 N–H and O–H groups in total. The van der Waals surface area contributed by atoms with Crippen molar-refractivity contribution in [3.8, 4) is 0 Å². The van der Waals surface area contributed by atoms with Crippen LogP contribution in [-0.2, 0) is 19.7 Å². The lowest BCUT2D eigenvalue weighted by atomic mass is 10.2. The first-order valence-corrected chi connectivity index (χ1v) is 11.3. The number of unbranched alkanes of at least 4 members (excludes halogenated alkanes) is 1. The molecule has 0 aliphatic carbocycles. The lowest BCUT2D eigenvalue weighted by molar-refractivity contribution is 0.259. The standard InChI is InChI=1S/C16H25NO4S2/c1-4-5-10-17(3)15-11-22(18,19)12-16(15)23(20,21)14-8-6-13(2)7-9-14/h6-9,15-16H,4-5,10-12H2,1-3H3/t15-,16-/m0/s1. The first kappa shape index (κ1) is 18.4. The van der Waals surface area contributed by atoms with Crippen molar-refractivity contribution in [3.05, 3.63) is 29.8 Å². The van der Waals surface area contributed by atoms with Crippen LogP contribution in [0.3, 0.4) is 0 Å². The molecular weight excluding hydrogens is 334 g/mol. The normalized spacial score (nSPS) is 24.2. The predicted molar refractivity (Wildman–Crippen MR) is 92.1 cm³/mol. The molecule has 1 aliphatic heterocycles. The van der Waals surface area contributed by atoms with E-state index in [2.05, 4.69) is 6.92 Å². The molecule has 2 rings (SSSR count). The maximum Gasteiger partial charge on any atom is 0.183 e. The minimum atomic E-state index is -3.67. The molecule has 5 nitrogen and oxygen atoms in total. The van der Waals surface area contributed by atoms with Crippen molar-refractivity contribution >= 4 is 19.7 Å². The Kier molecular flexibility index (Phi) is 5.53. The first-order chi connectivity index (χ1) is 10.7. The van der Waals surface area contributed by atoms with E-state index in [1.807, 2.05) is 18.9 Å². The van der Waals surface area contributed by atoms with Gasteiger partial charge in [0.1, 0.15) is 0 Å². The van der Waals surface area contributed by atoms with E-state index in [-0.39, 0.29) is 16.4 Å². The number of sulfone groups is 2. The lowest BCUT2D eigenvalue weighted by Crippen LogP contribution is -2.44. The van der Waals surface area contributed by atoms with Crippen LogP contribution in [0.25, 0.3) is 0 Å². The van der Waals surface area contributed by atoms with E-state index >= 15 is 0 Å². The van der Waals surface area contributed by atoms with Crippen molar-refractivity contribution in [2.75, 3.05) is 25.1 Å². The van der Waals surface area contributed by atoms with Gasteiger partial charge in [-0.05, 0) is 39.1 Å². The zero-order valence-electron chi connectivity index (χ0n) is 13.9. The fourth-order valence-corrected chi connectivity index (χ4v) is 7.89. The minimum absolute atomic E-state index is 0.0804. The molecule has 0 amide bonds. The van der Waals surface area contributed by atoms with Crippen LogP contribution in [0.1, 0.15) is 25.3 Å². The maximum atomic E-state index is 12.9. The Labute approximate surface area is 139 Å². The van der Waals surface area contributed by atoms with Crippen molar-refractivity contribution in [2.24, 2.45) is 0 Å². The molecule has 1 fully saturated rings. The molecule has 2 atom stereocenters. The second-order valence-electron chi connectivity index (χ2n) is 6.37. The van der Waals surface area contributed by atoms with E-state index < -0.39 is 31.0 Å². The predicted octanol–water partition coefficient (Wildman–Crippen LogP) is 1.67. The van der Waals surface area contributed by atoms with Crippen molar-refractivity contribution in [2.45, 2.75) is 42.9 Å². The van der Waals surface area contributed by atoms with Crippen LogP contribution >= 0.6 is 0 Å². The number of hydrogen-bond donors (Lipinski definition) is 0. The molecule has 1 aromatic rings. The highest BCUT2D eigenvalue weighted by atomic mass is 32.2. The summed E-state index contributed by atoms with van der Waals surface area (Å²) in [5.74, 6) is -0.368. The maximum absolute atomic E-state index is 12.9. The van der Waals surface area contributed by atoms with E-state index in [0.29, 0.717) is 6.54 Å². The molecular formula is C16H25NO4S2. The number of aryl methyl sites for hydroxylation is 1. The third kappa shape index (κ3) is 4.14. The van der Waals surface area contributed by atoms with E-state index in [1.54, 1.807) is 24.3 Å². The summed E-state index contributed by atoms with van der Waals surface area (Å²) < 4.78 is 50.0. The summed E-state index contributed by atoms with van der Waals surface area (Å²) >= 11 is 0. The SMILES string of the molecule is CCCCN(C)[C@H]1CS(=O)(=O)C[C@@H]1S(=O)(=O)c1ccc(C)cc1. The van der Waals surface area contributed by atoms with Gasteiger partial charge in [-0.1, -0.05) is 31.0 Å². The Bertz CT molecular complexity index is 739. The third-order valence-corrected chi connectivity index (χ3v) is 8.59. The number of rotatable bonds is 6. The van der Waals surface area contributed by atoms with Gasteiger partial charge in [0, 0.05) is 6.04 Å². The van der Waals surface area contributed by atoms with Gasteiger partial charge in [0.15, 0.2) is 19.7 Å². The molecule has 23 heavy (non-hydrogen) atoms. The van der Waals surface area contributed by atoms with Gasteiger partial charge in [0.2, 0.25) is 0 Å². The highest BCUT2D eigenvalue weighted by Gasteiger charge is 2.47. The molecule has 0 aromatic heterocycles. The summed E-state index contributed by atoms with van der Waals surface area (Å²) in [5.41, 5.74) is 0.972.